The zero-order valence-corrected chi connectivity index (χ0v) is 13.1. The third-order valence-electron chi connectivity index (χ3n) is 3.60. The van der Waals surface area contributed by atoms with E-state index in [-0.39, 0.29) is 0 Å². The van der Waals surface area contributed by atoms with Gasteiger partial charge in [-0.15, -0.1) is 11.8 Å². The summed E-state index contributed by atoms with van der Waals surface area (Å²) in [6, 6.07) is 19.4. The van der Waals surface area contributed by atoms with E-state index in [2.05, 4.69) is 59.9 Å². The van der Waals surface area contributed by atoms with E-state index in [4.69, 9.17) is 4.74 Å². The summed E-state index contributed by atoms with van der Waals surface area (Å²) < 4.78 is 5.89. The van der Waals surface area contributed by atoms with E-state index in [1.807, 2.05) is 18.8 Å². The van der Waals surface area contributed by atoms with Gasteiger partial charge in [0, 0.05) is 16.7 Å². The largest absolute Gasteiger partial charge is 0.490 e. The van der Waals surface area contributed by atoms with Crippen molar-refractivity contribution in [1.82, 2.24) is 5.32 Å². The average molecular weight is 299 g/mol. The van der Waals surface area contributed by atoms with Gasteiger partial charge in [-0.3, -0.25) is 0 Å². The summed E-state index contributed by atoms with van der Waals surface area (Å²) in [4.78, 5) is 1.31. The molecule has 0 aromatic heterocycles. The van der Waals surface area contributed by atoms with Crippen molar-refractivity contribution in [3.05, 3.63) is 60.2 Å². The molecular weight excluding hydrogens is 278 g/mol. The first-order valence-corrected chi connectivity index (χ1v) is 8.45. The second kappa shape index (κ2) is 7.01. The van der Waals surface area contributed by atoms with E-state index in [9.17, 15) is 0 Å². The van der Waals surface area contributed by atoms with Crippen molar-refractivity contribution in [3.8, 4) is 5.75 Å². The van der Waals surface area contributed by atoms with E-state index in [1.165, 1.54) is 23.3 Å². The summed E-state index contributed by atoms with van der Waals surface area (Å²) in [5.41, 5.74) is 1.29. The van der Waals surface area contributed by atoms with Gasteiger partial charge in [0.1, 0.15) is 5.75 Å². The summed E-state index contributed by atoms with van der Waals surface area (Å²) in [7, 11) is 2.02. The van der Waals surface area contributed by atoms with Crippen LogP contribution in [-0.2, 0) is 0 Å². The molecule has 0 amide bonds. The number of ether oxygens (including phenoxy) is 1. The van der Waals surface area contributed by atoms with Crippen LogP contribution in [0.25, 0.3) is 0 Å². The Kier molecular flexibility index (Phi) is 4.84. The Bertz CT molecular complexity index is 568. The number of hydrogen-bond acceptors (Lipinski definition) is 3. The van der Waals surface area contributed by atoms with Crippen molar-refractivity contribution in [2.75, 3.05) is 12.8 Å². The SMILES string of the molecule is CNC(CSc1ccccc1)c1cccc(OC2CC2)c1. The molecule has 0 saturated heterocycles. The van der Waals surface area contributed by atoms with Crippen molar-refractivity contribution in [3.63, 3.8) is 0 Å². The minimum atomic E-state index is 0.331. The Balaban J connectivity index is 1.64. The van der Waals surface area contributed by atoms with E-state index < -0.39 is 0 Å². The van der Waals surface area contributed by atoms with Crippen LogP contribution < -0.4 is 10.1 Å². The second-order valence-corrected chi connectivity index (χ2v) is 6.45. The Morgan fingerprint density at radius 1 is 1.14 bits per heavy atom. The minimum Gasteiger partial charge on any atom is -0.490 e. The second-order valence-electron chi connectivity index (χ2n) is 5.36. The first-order chi connectivity index (χ1) is 10.3. The smallest absolute Gasteiger partial charge is 0.120 e. The van der Waals surface area contributed by atoms with Crippen LogP contribution >= 0.6 is 11.8 Å². The highest BCUT2D eigenvalue weighted by atomic mass is 32.2. The number of rotatable bonds is 7. The molecule has 1 fully saturated rings. The van der Waals surface area contributed by atoms with E-state index in [0.717, 1.165) is 11.5 Å². The van der Waals surface area contributed by atoms with Crippen molar-refractivity contribution in [2.45, 2.75) is 29.9 Å². The first kappa shape index (κ1) is 14.5. The zero-order valence-electron chi connectivity index (χ0n) is 12.3. The molecule has 0 aliphatic heterocycles. The Morgan fingerprint density at radius 3 is 2.67 bits per heavy atom. The number of hydrogen-bond donors (Lipinski definition) is 1. The quantitative estimate of drug-likeness (QED) is 0.771. The molecular formula is C18H21NOS. The molecule has 3 rings (SSSR count). The van der Waals surface area contributed by atoms with Gasteiger partial charge in [0.05, 0.1) is 6.10 Å². The molecule has 1 unspecified atom stereocenters. The molecule has 21 heavy (non-hydrogen) atoms. The van der Waals surface area contributed by atoms with Crippen LogP contribution in [0.2, 0.25) is 0 Å². The molecule has 2 aromatic carbocycles. The van der Waals surface area contributed by atoms with Crippen LogP contribution in [0.5, 0.6) is 5.75 Å². The van der Waals surface area contributed by atoms with Crippen LogP contribution in [0, 0.1) is 0 Å². The molecule has 0 spiro atoms. The van der Waals surface area contributed by atoms with E-state index in [0.29, 0.717) is 12.1 Å². The molecule has 1 atom stereocenters. The number of benzene rings is 2. The molecule has 2 nitrogen and oxygen atoms in total. The molecule has 3 heteroatoms. The normalized spacial score (nSPS) is 15.7. The van der Waals surface area contributed by atoms with Gasteiger partial charge in [-0.05, 0) is 49.7 Å². The lowest BCUT2D eigenvalue weighted by Crippen LogP contribution is -2.18. The third-order valence-corrected chi connectivity index (χ3v) is 4.70. The molecule has 2 aromatic rings. The monoisotopic (exact) mass is 299 g/mol. The van der Waals surface area contributed by atoms with Gasteiger partial charge in [0.15, 0.2) is 0 Å². The van der Waals surface area contributed by atoms with Crippen LogP contribution in [0.1, 0.15) is 24.4 Å². The minimum absolute atomic E-state index is 0.331. The Hall–Kier alpha value is -1.45. The molecule has 0 radical (unpaired) electrons. The lowest BCUT2D eigenvalue weighted by molar-refractivity contribution is 0.302. The maximum absolute atomic E-state index is 5.89. The van der Waals surface area contributed by atoms with Crippen LogP contribution in [0.15, 0.2) is 59.5 Å². The van der Waals surface area contributed by atoms with Gasteiger partial charge < -0.3 is 10.1 Å². The lowest BCUT2D eigenvalue weighted by Gasteiger charge is -2.17. The average Bonchev–Trinajstić information content (AvgIpc) is 3.33. The summed E-state index contributed by atoms with van der Waals surface area (Å²) in [5, 5.41) is 3.41. The molecule has 1 aliphatic carbocycles. The maximum atomic E-state index is 5.89. The molecule has 0 bridgehead atoms. The fourth-order valence-corrected chi connectivity index (χ4v) is 3.29. The molecule has 1 saturated carbocycles. The number of thioether (sulfide) groups is 1. The van der Waals surface area contributed by atoms with Gasteiger partial charge in [-0.1, -0.05) is 30.3 Å². The van der Waals surface area contributed by atoms with Crippen molar-refractivity contribution < 1.29 is 4.74 Å². The van der Waals surface area contributed by atoms with Crippen LogP contribution in [0.3, 0.4) is 0 Å². The van der Waals surface area contributed by atoms with E-state index in [1.54, 1.807) is 0 Å². The molecule has 1 N–H and O–H groups in total. The molecule has 110 valence electrons. The molecule has 1 aliphatic rings. The predicted octanol–water partition coefficient (Wildman–Crippen LogP) is 4.28. The highest BCUT2D eigenvalue weighted by molar-refractivity contribution is 7.99. The van der Waals surface area contributed by atoms with Gasteiger partial charge >= 0.3 is 0 Å². The fourth-order valence-electron chi connectivity index (χ4n) is 2.23. The summed E-state index contributed by atoms with van der Waals surface area (Å²) in [5.74, 6) is 2.01. The summed E-state index contributed by atoms with van der Waals surface area (Å²) in [6.07, 6.45) is 2.85. The highest BCUT2D eigenvalue weighted by Crippen LogP contribution is 2.30. The fraction of sp³-hybridized carbons (Fsp3) is 0.333. The van der Waals surface area contributed by atoms with Gasteiger partial charge in [0.2, 0.25) is 0 Å². The van der Waals surface area contributed by atoms with Crippen LogP contribution in [-0.4, -0.2) is 18.9 Å². The number of nitrogens with one attached hydrogen (secondary N) is 1. The topological polar surface area (TPSA) is 21.3 Å². The van der Waals surface area contributed by atoms with Crippen molar-refractivity contribution in [1.29, 1.82) is 0 Å². The van der Waals surface area contributed by atoms with Crippen molar-refractivity contribution >= 4 is 11.8 Å². The van der Waals surface area contributed by atoms with Gasteiger partial charge in [-0.2, -0.15) is 0 Å². The Labute approximate surface area is 130 Å². The third kappa shape index (κ3) is 4.26. The highest BCUT2D eigenvalue weighted by Gasteiger charge is 2.23. The van der Waals surface area contributed by atoms with E-state index >= 15 is 0 Å². The Morgan fingerprint density at radius 2 is 1.95 bits per heavy atom. The lowest BCUT2D eigenvalue weighted by atomic mass is 10.1. The maximum Gasteiger partial charge on any atom is 0.120 e. The summed E-state index contributed by atoms with van der Waals surface area (Å²) in [6.45, 7) is 0. The standard InChI is InChI=1S/C18H21NOS/c1-19-18(13-21-17-8-3-2-4-9-17)14-6-5-7-16(12-14)20-15-10-11-15/h2-9,12,15,18-19H,10-11,13H2,1H3. The predicted molar refractivity (Wildman–Crippen MR) is 89.1 cm³/mol. The van der Waals surface area contributed by atoms with Crippen LogP contribution in [0.4, 0.5) is 0 Å². The van der Waals surface area contributed by atoms with Gasteiger partial charge in [-0.25, -0.2) is 0 Å². The molecule has 0 heterocycles. The zero-order chi connectivity index (χ0) is 14.5. The van der Waals surface area contributed by atoms with Crippen molar-refractivity contribution in [2.24, 2.45) is 0 Å². The first-order valence-electron chi connectivity index (χ1n) is 7.47. The summed E-state index contributed by atoms with van der Waals surface area (Å²) >= 11 is 1.88. The van der Waals surface area contributed by atoms with Gasteiger partial charge in [0.25, 0.3) is 0 Å².